The maximum Gasteiger partial charge on any atom is 0.127 e. The first-order valence-corrected chi connectivity index (χ1v) is 7.65. The second-order valence-corrected chi connectivity index (χ2v) is 5.81. The third kappa shape index (κ3) is 2.85. The van der Waals surface area contributed by atoms with Gasteiger partial charge in [0.15, 0.2) is 0 Å². The van der Waals surface area contributed by atoms with E-state index in [0.29, 0.717) is 11.8 Å². The van der Waals surface area contributed by atoms with Gasteiger partial charge in [-0.15, -0.1) is 6.58 Å². The van der Waals surface area contributed by atoms with Crippen molar-refractivity contribution in [3.05, 3.63) is 24.2 Å². The molecular formula is C16H27N3. The van der Waals surface area contributed by atoms with Gasteiger partial charge in [0.05, 0.1) is 5.69 Å². The van der Waals surface area contributed by atoms with Crippen LogP contribution in [0.3, 0.4) is 0 Å². The second-order valence-electron chi connectivity index (χ2n) is 5.81. The Bertz CT molecular complexity index is 427. The molecule has 1 fully saturated rings. The van der Waals surface area contributed by atoms with Crippen LogP contribution < -0.4 is 5.73 Å². The van der Waals surface area contributed by atoms with E-state index in [2.05, 4.69) is 25.0 Å². The zero-order chi connectivity index (χ0) is 13.8. The van der Waals surface area contributed by atoms with Gasteiger partial charge in [-0.1, -0.05) is 39.2 Å². The van der Waals surface area contributed by atoms with Gasteiger partial charge in [-0.2, -0.15) is 0 Å². The number of aromatic nitrogens is 2. The number of anilines is 1. The fourth-order valence-electron chi connectivity index (χ4n) is 3.25. The van der Waals surface area contributed by atoms with Gasteiger partial charge in [0.25, 0.3) is 0 Å². The fraction of sp³-hybridized carbons (Fsp3) is 0.688. The van der Waals surface area contributed by atoms with Crippen LogP contribution in [0.1, 0.15) is 75.7 Å². The van der Waals surface area contributed by atoms with E-state index >= 15 is 0 Å². The lowest BCUT2D eigenvalue weighted by Crippen LogP contribution is -2.09. The smallest absolute Gasteiger partial charge is 0.127 e. The molecule has 3 heteroatoms. The molecule has 106 valence electrons. The van der Waals surface area contributed by atoms with Gasteiger partial charge in [-0.05, 0) is 19.3 Å². The third-order valence-corrected chi connectivity index (χ3v) is 4.29. The molecule has 1 aromatic heterocycles. The summed E-state index contributed by atoms with van der Waals surface area (Å²) in [4.78, 5) is 4.92. The summed E-state index contributed by atoms with van der Waals surface area (Å²) in [6.07, 6.45) is 9.42. The molecule has 0 aliphatic heterocycles. The van der Waals surface area contributed by atoms with Crippen LogP contribution in [-0.2, 0) is 6.54 Å². The van der Waals surface area contributed by atoms with Crippen LogP contribution in [0, 0.1) is 0 Å². The molecule has 1 aliphatic carbocycles. The van der Waals surface area contributed by atoms with E-state index in [1.54, 1.807) is 0 Å². The van der Waals surface area contributed by atoms with E-state index in [9.17, 15) is 0 Å². The molecule has 1 atom stereocenters. The highest BCUT2D eigenvalue weighted by Crippen LogP contribution is 2.37. The summed E-state index contributed by atoms with van der Waals surface area (Å²) in [6.45, 7) is 9.08. The molecule has 0 bridgehead atoms. The molecule has 1 unspecified atom stereocenters. The lowest BCUT2D eigenvalue weighted by Gasteiger charge is -2.12. The monoisotopic (exact) mass is 261 g/mol. The molecule has 1 saturated carbocycles. The summed E-state index contributed by atoms with van der Waals surface area (Å²) < 4.78 is 2.18. The van der Waals surface area contributed by atoms with E-state index in [4.69, 9.17) is 10.7 Å². The first kappa shape index (κ1) is 14.2. The summed E-state index contributed by atoms with van der Waals surface area (Å²) in [5, 5.41) is 0. The summed E-state index contributed by atoms with van der Waals surface area (Å²) in [5.74, 6) is 3.12. The summed E-state index contributed by atoms with van der Waals surface area (Å²) in [6, 6.07) is 0. The molecule has 2 N–H and O–H groups in total. The molecule has 0 saturated heterocycles. The van der Waals surface area contributed by atoms with E-state index in [1.165, 1.54) is 37.9 Å². The zero-order valence-electron chi connectivity index (χ0n) is 12.4. The molecule has 3 nitrogen and oxygen atoms in total. The lowest BCUT2D eigenvalue weighted by atomic mass is 10.0. The number of nitrogen functional groups attached to an aromatic ring is 1. The standard InChI is InChI=1S/C16H27N3/c1-4-8-12(3)14-15(17)19(11-5-2)16(18-14)13-9-6-7-10-13/h5,12-13H,2,4,6-11,17H2,1,3H3. The van der Waals surface area contributed by atoms with Crippen LogP contribution in [0.2, 0.25) is 0 Å². The highest BCUT2D eigenvalue weighted by molar-refractivity contribution is 5.41. The van der Waals surface area contributed by atoms with Crippen LogP contribution in [0.4, 0.5) is 5.82 Å². The predicted octanol–water partition coefficient (Wildman–Crippen LogP) is 4.21. The molecule has 1 aromatic rings. The van der Waals surface area contributed by atoms with Gasteiger partial charge in [-0.3, -0.25) is 0 Å². The van der Waals surface area contributed by atoms with Crippen molar-refractivity contribution in [1.29, 1.82) is 0 Å². The molecule has 0 aromatic carbocycles. The number of nitrogens with two attached hydrogens (primary N) is 1. The molecule has 1 heterocycles. The Morgan fingerprint density at radius 2 is 2.16 bits per heavy atom. The Morgan fingerprint density at radius 1 is 1.47 bits per heavy atom. The number of hydrogen-bond donors (Lipinski definition) is 1. The maximum absolute atomic E-state index is 6.34. The van der Waals surface area contributed by atoms with Crippen molar-refractivity contribution in [3.8, 4) is 0 Å². The Hall–Kier alpha value is -1.25. The second kappa shape index (κ2) is 6.27. The van der Waals surface area contributed by atoms with Crippen LogP contribution >= 0.6 is 0 Å². The number of rotatable bonds is 6. The molecule has 2 rings (SSSR count). The Morgan fingerprint density at radius 3 is 2.74 bits per heavy atom. The highest BCUT2D eigenvalue weighted by atomic mass is 15.1. The summed E-state index contributed by atoms with van der Waals surface area (Å²) in [7, 11) is 0. The van der Waals surface area contributed by atoms with Gasteiger partial charge < -0.3 is 10.3 Å². The average Bonchev–Trinajstić information content (AvgIpc) is 3.00. The largest absolute Gasteiger partial charge is 0.384 e. The van der Waals surface area contributed by atoms with Crippen LogP contribution in [0.15, 0.2) is 12.7 Å². The third-order valence-electron chi connectivity index (χ3n) is 4.29. The average molecular weight is 261 g/mol. The molecule has 0 spiro atoms. The van der Waals surface area contributed by atoms with Gasteiger partial charge in [0, 0.05) is 18.4 Å². The van der Waals surface area contributed by atoms with Gasteiger partial charge in [-0.25, -0.2) is 4.98 Å². The van der Waals surface area contributed by atoms with Crippen LogP contribution in [0.5, 0.6) is 0 Å². The SMILES string of the molecule is C=CCn1c(C2CCCC2)nc(C(C)CCC)c1N. The van der Waals surface area contributed by atoms with E-state index < -0.39 is 0 Å². The number of allylic oxidation sites excluding steroid dienone is 1. The lowest BCUT2D eigenvalue weighted by molar-refractivity contribution is 0.612. The first-order valence-electron chi connectivity index (χ1n) is 7.65. The van der Waals surface area contributed by atoms with Crippen molar-refractivity contribution in [2.24, 2.45) is 0 Å². The summed E-state index contributed by atoms with van der Waals surface area (Å²) in [5.41, 5.74) is 7.44. The van der Waals surface area contributed by atoms with Gasteiger partial charge in [0.2, 0.25) is 0 Å². The number of hydrogen-bond acceptors (Lipinski definition) is 2. The minimum atomic E-state index is 0.455. The topological polar surface area (TPSA) is 43.8 Å². The maximum atomic E-state index is 6.34. The fourth-order valence-corrected chi connectivity index (χ4v) is 3.25. The molecular weight excluding hydrogens is 234 g/mol. The van der Waals surface area contributed by atoms with E-state index in [0.717, 1.165) is 24.5 Å². The predicted molar refractivity (Wildman–Crippen MR) is 81.4 cm³/mol. The van der Waals surface area contributed by atoms with Crippen molar-refractivity contribution in [2.75, 3.05) is 5.73 Å². The van der Waals surface area contributed by atoms with Crippen molar-refractivity contribution in [1.82, 2.24) is 9.55 Å². The van der Waals surface area contributed by atoms with Crippen LogP contribution in [0.25, 0.3) is 0 Å². The quantitative estimate of drug-likeness (QED) is 0.779. The minimum Gasteiger partial charge on any atom is -0.384 e. The van der Waals surface area contributed by atoms with Crippen molar-refractivity contribution in [3.63, 3.8) is 0 Å². The Balaban J connectivity index is 2.34. The number of nitrogens with zero attached hydrogens (tertiary/aromatic N) is 2. The first-order chi connectivity index (χ1) is 9.19. The molecule has 19 heavy (non-hydrogen) atoms. The molecule has 0 radical (unpaired) electrons. The van der Waals surface area contributed by atoms with Crippen molar-refractivity contribution >= 4 is 5.82 Å². The molecule has 0 amide bonds. The van der Waals surface area contributed by atoms with E-state index in [-0.39, 0.29) is 0 Å². The highest BCUT2D eigenvalue weighted by Gasteiger charge is 2.26. The Labute approximate surface area is 116 Å². The zero-order valence-corrected chi connectivity index (χ0v) is 12.4. The normalized spacial score (nSPS) is 17.8. The van der Waals surface area contributed by atoms with Gasteiger partial charge >= 0.3 is 0 Å². The van der Waals surface area contributed by atoms with E-state index in [1.807, 2.05) is 6.08 Å². The Kier molecular flexibility index (Phi) is 4.67. The van der Waals surface area contributed by atoms with Crippen LogP contribution in [-0.4, -0.2) is 9.55 Å². The minimum absolute atomic E-state index is 0.455. The van der Waals surface area contributed by atoms with Crippen molar-refractivity contribution < 1.29 is 0 Å². The summed E-state index contributed by atoms with van der Waals surface area (Å²) >= 11 is 0. The van der Waals surface area contributed by atoms with Crippen molar-refractivity contribution in [2.45, 2.75) is 70.8 Å². The van der Waals surface area contributed by atoms with Gasteiger partial charge in [0.1, 0.15) is 11.6 Å². The number of imidazole rings is 1. The molecule has 1 aliphatic rings.